The van der Waals surface area contributed by atoms with Gasteiger partial charge in [-0.05, 0) is 43.7 Å². The first-order valence-electron chi connectivity index (χ1n) is 9.08. The first-order valence-corrected chi connectivity index (χ1v) is 9.89. The van der Waals surface area contributed by atoms with Gasteiger partial charge < -0.3 is 14.4 Å². The van der Waals surface area contributed by atoms with Gasteiger partial charge in [0, 0.05) is 7.05 Å². The van der Waals surface area contributed by atoms with Crippen LogP contribution in [0.1, 0.15) is 30.5 Å². The third-order valence-corrected chi connectivity index (χ3v) is 5.75. The van der Waals surface area contributed by atoms with Gasteiger partial charge in [0.1, 0.15) is 5.01 Å². The molecule has 1 heterocycles. The quantitative estimate of drug-likeness (QED) is 0.568. The van der Waals surface area contributed by atoms with E-state index in [-0.39, 0.29) is 18.6 Å². The maximum absolute atomic E-state index is 12.6. The van der Waals surface area contributed by atoms with Crippen LogP contribution >= 0.6 is 11.3 Å². The van der Waals surface area contributed by atoms with Gasteiger partial charge in [0.2, 0.25) is 0 Å². The molecule has 0 aliphatic rings. The first kappa shape index (κ1) is 19.9. The molecule has 28 heavy (non-hydrogen) atoms. The fourth-order valence-corrected chi connectivity index (χ4v) is 3.85. The van der Waals surface area contributed by atoms with Gasteiger partial charge in [-0.25, -0.2) is 4.98 Å². The Balaban J connectivity index is 1.67. The number of benzene rings is 2. The molecule has 0 fully saturated rings. The number of likely N-dealkylation sites (N-methyl/N-ethyl adjacent to an activating group) is 1. The molecular weight excluding hydrogens is 372 g/mol. The predicted molar refractivity (Wildman–Crippen MR) is 114 cm³/mol. The van der Waals surface area contributed by atoms with Crippen LogP contribution in [0.3, 0.4) is 0 Å². The number of ether oxygens (including phenoxy) is 2. The highest BCUT2D eigenvalue weighted by Gasteiger charge is 2.21. The summed E-state index contributed by atoms with van der Waals surface area (Å²) in [5.41, 5.74) is 1.97. The summed E-state index contributed by atoms with van der Waals surface area (Å²) >= 11 is 1.61. The Morgan fingerprint density at radius 3 is 2.75 bits per heavy atom. The van der Waals surface area contributed by atoms with Crippen LogP contribution in [0.15, 0.2) is 48.5 Å². The molecule has 0 unspecified atom stereocenters. The molecule has 1 amide bonds. The largest absolute Gasteiger partial charge is 0.493 e. The summed E-state index contributed by atoms with van der Waals surface area (Å²) in [7, 11) is 3.36. The number of para-hydroxylation sites is 1. The zero-order valence-electron chi connectivity index (χ0n) is 16.5. The second-order valence-electron chi connectivity index (χ2n) is 6.40. The van der Waals surface area contributed by atoms with E-state index in [1.165, 1.54) is 0 Å². The molecule has 0 radical (unpaired) electrons. The minimum absolute atomic E-state index is 0.0644. The molecule has 2 aromatic carbocycles. The van der Waals surface area contributed by atoms with Crippen LogP contribution in [0, 0.1) is 0 Å². The summed E-state index contributed by atoms with van der Waals surface area (Å²) in [5, 5.41) is 0.908. The van der Waals surface area contributed by atoms with Crippen molar-refractivity contribution in [3.05, 3.63) is 59.1 Å². The number of carbonyl (C=O) groups is 1. The van der Waals surface area contributed by atoms with Gasteiger partial charge in [-0.2, -0.15) is 0 Å². The zero-order chi connectivity index (χ0) is 20.1. The molecule has 3 rings (SSSR count). The molecule has 0 saturated heterocycles. The second kappa shape index (κ2) is 8.89. The lowest BCUT2D eigenvalue weighted by Gasteiger charge is -2.23. The van der Waals surface area contributed by atoms with E-state index in [1.54, 1.807) is 30.4 Å². The zero-order valence-corrected chi connectivity index (χ0v) is 17.3. The summed E-state index contributed by atoms with van der Waals surface area (Å²) in [5.74, 6) is 1.03. The van der Waals surface area contributed by atoms with Crippen molar-refractivity contribution >= 4 is 33.5 Å². The van der Waals surface area contributed by atoms with Gasteiger partial charge in [-0.1, -0.05) is 30.4 Å². The Morgan fingerprint density at radius 2 is 2.04 bits per heavy atom. The highest BCUT2D eigenvalue weighted by molar-refractivity contribution is 7.18. The Bertz CT molecular complexity index is 963. The molecule has 0 aliphatic heterocycles. The number of nitrogens with zero attached hydrogens (tertiary/aromatic N) is 2. The number of thiazole rings is 1. The number of hydrogen-bond donors (Lipinski definition) is 0. The highest BCUT2D eigenvalue weighted by Crippen LogP contribution is 2.30. The Labute approximate surface area is 169 Å². The molecular formula is C22H24N2O3S. The maximum Gasteiger partial charge on any atom is 0.260 e. The number of amides is 1. The van der Waals surface area contributed by atoms with Crippen molar-refractivity contribution in [1.82, 2.24) is 9.88 Å². The van der Waals surface area contributed by atoms with Crippen LogP contribution in [-0.2, 0) is 4.79 Å². The fraction of sp³-hybridized carbons (Fsp3) is 0.273. The average Bonchev–Trinajstić information content (AvgIpc) is 3.15. The van der Waals surface area contributed by atoms with Crippen molar-refractivity contribution in [2.24, 2.45) is 0 Å². The van der Waals surface area contributed by atoms with Gasteiger partial charge in [0.15, 0.2) is 18.1 Å². The van der Waals surface area contributed by atoms with Gasteiger partial charge in [-0.3, -0.25) is 4.79 Å². The number of rotatable bonds is 7. The topological polar surface area (TPSA) is 51.7 Å². The normalized spacial score (nSPS) is 12.3. The minimum atomic E-state index is -0.132. The third kappa shape index (κ3) is 4.34. The van der Waals surface area contributed by atoms with Crippen molar-refractivity contribution in [2.75, 3.05) is 20.8 Å². The molecule has 1 atom stereocenters. The summed E-state index contributed by atoms with van der Waals surface area (Å²) in [6, 6.07) is 13.5. The molecule has 5 nitrogen and oxygen atoms in total. The SMILES string of the molecule is C/C=C/c1ccc(OCC(=O)N(C)[C@@H](C)c2nc3ccccc3s2)c(OC)c1. The molecule has 1 aromatic heterocycles. The molecule has 0 aliphatic carbocycles. The van der Waals surface area contributed by atoms with E-state index in [1.807, 2.05) is 68.5 Å². The van der Waals surface area contributed by atoms with E-state index in [9.17, 15) is 4.79 Å². The van der Waals surface area contributed by atoms with Crippen molar-refractivity contribution in [3.63, 3.8) is 0 Å². The molecule has 146 valence electrons. The van der Waals surface area contributed by atoms with Crippen molar-refractivity contribution in [2.45, 2.75) is 19.9 Å². The fourth-order valence-electron chi connectivity index (χ4n) is 2.79. The van der Waals surface area contributed by atoms with Gasteiger partial charge in [0.25, 0.3) is 5.91 Å². The molecule has 0 spiro atoms. The lowest BCUT2D eigenvalue weighted by atomic mass is 10.2. The van der Waals surface area contributed by atoms with E-state index in [2.05, 4.69) is 4.98 Å². The molecule has 6 heteroatoms. The minimum Gasteiger partial charge on any atom is -0.493 e. The summed E-state index contributed by atoms with van der Waals surface area (Å²) in [4.78, 5) is 19.0. The third-order valence-electron chi connectivity index (χ3n) is 4.54. The lowest BCUT2D eigenvalue weighted by molar-refractivity contribution is -0.134. The number of hydrogen-bond acceptors (Lipinski definition) is 5. The van der Waals surface area contributed by atoms with Crippen LogP contribution in [0.25, 0.3) is 16.3 Å². The monoisotopic (exact) mass is 396 g/mol. The summed E-state index contributed by atoms with van der Waals surface area (Å²) in [6.45, 7) is 3.87. The first-order chi connectivity index (χ1) is 13.5. The van der Waals surface area contributed by atoms with Crippen LogP contribution in [0.2, 0.25) is 0 Å². The predicted octanol–water partition coefficient (Wildman–Crippen LogP) is 4.94. The highest BCUT2D eigenvalue weighted by atomic mass is 32.1. The number of carbonyl (C=O) groups excluding carboxylic acids is 1. The van der Waals surface area contributed by atoms with Gasteiger partial charge >= 0.3 is 0 Å². The van der Waals surface area contributed by atoms with E-state index in [4.69, 9.17) is 9.47 Å². The van der Waals surface area contributed by atoms with E-state index < -0.39 is 0 Å². The Morgan fingerprint density at radius 1 is 1.25 bits per heavy atom. The Kier molecular flexibility index (Phi) is 6.31. The average molecular weight is 397 g/mol. The van der Waals surface area contributed by atoms with Crippen molar-refractivity contribution in [1.29, 1.82) is 0 Å². The van der Waals surface area contributed by atoms with E-state index >= 15 is 0 Å². The number of fused-ring (bicyclic) bond motifs is 1. The van der Waals surface area contributed by atoms with E-state index in [0.29, 0.717) is 11.5 Å². The van der Waals surface area contributed by atoms with Crippen molar-refractivity contribution in [3.8, 4) is 11.5 Å². The molecule has 0 bridgehead atoms. The smallest absolute Gasteiger partial charge is 0.260 e. The number of aromatic nitrogens is 1. The van der Waals surface area contributed by atoms with Crippen LogP contribution in [0.5, 0.6) is 11.5 Å². The van der Waals surface area contributed by atoms with Crippen LogP contribution in [0.4, 0.5) is 0 Å². The lowest BCUT2D eigenvalue weighted by Crippen LogP contribution is -2.33. The Hall–Kier alpha value is -2.86. The molecule has 3 aromatic rings. The summed E-state index contributed by atoms with van der Waals surface area (Å²) < 4.78 is 12.2. The van der Waals surface area contributed by atoms with Crippen molar-refractivity contribution < 1.29 is 14.3 Å². The van der Waals surface area contributed by atoms with Crippen LogP contribution < -0.4 is 9.47 Å². The molecule has 0 N–H and O–H groups in total. The van der Waals surface area contributed by atoms with Gasteiger partial charge in [-0.15, -0.1) is 11.3 Å². The summed E-state index contributed by atoms with van der Waals surface area (Å²) in [6.07, 6.45) is 3.93. The molecule has 0 saturated carbocycles. The second-order valence-corrected chi connectivity index (χ2v) is 7.46. The number of allylic oxidation sites excluding steroid dienone is 1. The van der Waals surface area contributed by atoms with Gasteiger partial charge in [0.05, 0.1) is 23.4 Å². The van der Waals surface area contributed by atoms with E-state index in [0.717, 1.165) is 20.8 Å². The van der Waals surface area contributed by atoms with Crippen LogP contribution in [-0.4, -0.2) is 36.6 Å². The standard InChI is InChI=1S/C22H24N2O3S/c1-5-8-16-11-12-18(19(13-16)26-4)27-14-21(25)24(3)15(2)22-23-17-9-6-7-10-20(17)28-22/h5-13,15H,14H2,1-4H3/b8-5+/t15-/m0/s1. The maximum atomic E-state index is 12.6. The number of methoxy groups -OCH3 is 1.